The van der Waals surface area contributed by atoms with Gasteiger partial charge in [0.05, 0.1) is 12.0 Å². The number of carbonyl (C=O) groups excluding carboxylic acids is 1. The highest BCUT2D eigenvalue weighted by Gasteiger charge is 2.12. The zero-order chi connectivity index (χ0) is 17.1. The minimum atomic E-state index is -0.239. The number of rotatable bonds is 6. The van der Waals surface area contributed by atoms with E-state index < -0.39 is 0 Å². The molecule has 0 bridgehead atoms. The summed E-state index contributed by atoms with van der Waals surface area (Å²) in [6.45, 7) is 0.476. The van der Waals surface area contributed by atoms with Gasteiger partial charge in [0.2, 0.25) is 5.13 Å². The number of aromatic amines is 1. The molecule has 0 unspecified atom stereocenters. The molecule has 0 spiro atoms. The molecule has 0 atom stereocenters. The van der Waals surface area contributed by atoms with Gasteiger partial charge < -0.3 is 9.73 Å². The van der Waals surface area contributed by atoms with E-state index in [9.17, 15) is 4.79 Å². The van der Waals surface area contributed by atoms with Crippen LogP contribution in [0.2, 0.25) is 0 Å². The largest absolute Gasteiger partial charge is 0.463 e. The highest BCUT2D eigenvalue weighted by molar-refractivity contribution is 7.12. The summed E-state index contributed by atoms with van der Waals surface area (Å²) in [4.78, 5) is 16.6. The fourth-order valence-electron chi connectivity index (χ4n) is 2.29. The standard InChI is InChI=1S/C16H14N6O2S/c23-15(13-9-12(20-21-13)14-3-1-8-24-14)17-6-4-11-10-25-16(19-11)22-7-2-5-18-22/h1-3,5,7-10H,4,6H2,(H,17,23)(H,20,21). The summed E-state index contributed by atoms with van der Waals surface area (Å²) in [7, 11) is 0. The molecule has 0 radical (unpaired) electrons. The van der Waals surface area contributed by atoms with Crippen LogP contribution in [-0.2, 0) is 6.42 Å². The van der Waals surface area contributed by atoms with Crippen molar-refractivity contribution in [1.29, 1.82) is 0 Å². The molecule has 4 heterocycles. The molecule has 2 N–H and O–H groups in total. The van der Waals surface area contributed by atoms with Crippen LogP contribution in [0.4, 0.5) is 0 Å². The molecule has 1 amide bonds. The minimum absolute atomic E-state index is 0.239. The lowest BCUT2D eigenvalue weighted by Gasteiger charge is -2.00. The van der Waals surface area contributed by atoms with Gasteiger partial charge in [0.25, 0.3) is 5.91 Å². The fourth-order valence-corrected chi connectivity index (χ4v) is 3.09. The molecule has 0 aliphatic heterocycles. The van der Waals surface area contributed by atoms with Gasteiger partial charge in [-0.1, -0.05) is 0 Å². The maximum atomic E-state index is 12.2. The van der Waals surface area contributed by atoms with E-state index in [1.54, 1.807) is 35.3 Å². The van der Waals surface area contributed by atoms with E-state index in [0.717, 1.165) is 10.8 Å². The van der Waals surface area contributed by atoms with Crippen molar-refractivity contribution in [2.24, 2.45) is 0 Å². The molecule has 25 heavy (non-hydrogen) atoms. The predicted octanol–water partition coefficient (Wildman–Crippen LogP) is 2.28. The Kier molecular flexibility index (Phi) is 4.13. The first-order valence-electron chi connectivity index (χ1n) is 7.61. The lowest BCUT2D eigenvalue weighted by atomic mass is 10.3. The summed E-state index contributed by atoms with van der Waals surface area (Å²) in [5, 5.41) is 16.6. The van der Waals surface area contributed by atoms with Gasteiger partial charge in [-0.2, -0.15) is 10.2 Å². The summed E-state index contributed by atoms with van der Waals surface area (Å²) >= 11 is 1.51. The van der Waals surface area contributed by atoms with Crippen LogP contribution in [-0.4, -0.2) is 37.4 Å². The molecule has 4 aromatic heterocycles. The van der Waals surface area contributed by atoms with Crippen LogP contribution in [0.3, 0.4) is 0 Å². The van der Waals surface area contributed by atoms with Gasteiger partial charge in [0.1, 0.15) is 5.69 Å². The molecule has 0 aromatic carbocycles. The quantitative estimate of drug-likeness (QED) is 0.553. The van der Waals surface area contributed by atoms with Crippen LogP contribution in [0, 0.1) is 0 Å². The van der Waals surface area contributed by atoms with E-state index in [1.807, 2.05) is 17.6 Å². The molecule has 126 valence electrons. The van der Waals surface area contributed by atoms with E-state index in [2.05, 4.69) is 25.6 Å². The molecule has 4 aromatic rings. The molecule has 0 aliphatic carbocycles. The Morgan fingerprint density at radius 3 is 3.16 bits per heavy atom. The van der Waals surface area contributed by atoms with Gasteiger partial charge in [-0.25, -0.2) is 9.67 Å². The average molecular weight is 354 g/mol. The minimum Gasteiger partial charge on any atom is -0.463 e. The number of nitrogens with one attached hydrogen (secondary N) is 2. The van der Waals surface area contributed by atoms with Gasteiger partial charge in [-0.15, -0.1) is 11.3 Å². The van der Waals surface area contributed by atoms with Crippen LogP contribution in [0.15, 0.2) is 52.7 Å². The van der Waals surface area contributed by atoms with Crippen molar-refractivity contribution in [3.05, 3.63) is 59.7 Å². The van der Waals surface area contributed by atoms with Crippen LogP contribution in [0.5, 0.6) is 0 Å². The molecule has 0 saturated carbocycles. The summed E-state index contributed by atoms with van der Waals surface area (Å²) in [5.41, 5.74) is 1.90. The van der Waals surface area contributed by atoms with Crippen molar-refractivity contribution in [2.45, 2.75) is 6.42 Å². The Labute approximate surface area is 146 Å². The Hall–Kier alpha value is -3.20. The van der Waals surface area contributed by atoms with E-state index in [-0.39, 0.29) is 5.91 Å². The number of thiazole rings is 1. The SMILES string of the molecule is O=C(NCCc1csc(-n2cccn2)n1)c1cc(-c2ccco2)[nH]n1. The summed E-state index contributed by atoms with van der Waals surface area (Å²) in [6, 6.07) is 7.09. The van der Waals surface area contributed by atoms with Crippen molar-refractivity contribution in [3.8, 4) is 16.6 Å². The van der Waals surface area contributed by atoms with Crippen molar-refractivity contribution < 1.29 is 9.21 Å². The first-order chi connectivity index (χ1) is 12.3. The van der Waals surface area contributed by atoms with Crippen molar-refractivity contribution >= 4 is 17.2 Å². The predicted molar refractivity (Wildman–Crippen MR) is 91.6 cm³/mol. The molecule has 8 nitrogen and oxygen atoms in total. The summed E-state index contributed by atoms with van der Waals surface area (Å²) < 4.78 is 6.98. The van der Waals surface area contributed by atoms with Gasteiger partial charge >= 0.3 is 0 Å². The first kappa shape index (κ1) is 15.3. The third-order valence-electron chi connectivity index (χ3n) is 3.50. The molecule has 9 heteroatoms. The number of hydrogen-bond acceptors (Lipinski definition) is 6. The van der Waals surface area contributed by atoms with E-state index in [1.165, 1.54) is 11.3 Å². The number of furan rings is 1. The highest BCUT2D eigenvalue weighted by Crippen LogP contribution is 2.17. The second kappa shape index (κ2) is 6.73. The van der Waals surface area contributed by atoms with Crippen LogP contribution >= 0.6 is 11.3 Å². The second-order valence-electron chi connectivity index (χ2n) is 5.22. The van der Waals surface area contributed by atoms with Gasteiger partial charge in [0, 0.05) is 36.8 Å². The number of H-pyrrole nitrogens is 1. The second-order valence-corrected chi connectivity index (χ2v) is 6.06. The zero-order valence-electron chi connectivity index (χ0n) is 13.0. The number of aromatic nitrogens is 5. The molecule has 0 fully saturated rings. The van der Waals surface area contributed by atoms with E-state index in [4.69, 9.17) is 4.42 Å². The average Bonchev–Trinajstić information content (AvgIpc) is 3.42. The molecule has 4 rings (SSSR count). The van der Waals surface area contributed by atoms with Crippen LogP contribution in [0.25, 0.3) is 16.6 Å². The molecule has 0 saturated heterocycles. The fraction of sp³-hybridized carbons (Fsp3) is 0.125. The van der Waals surface area contributed by atoms with Crippen LogP contribution in [0.1, 0.15) is 16.2 Å². The van der Waals surface area contributed by atoms with Crippen LogP contribution < -0.4 is 5.32 Å². The van der Waals surface area contributed by atoms with Gasteiger partial charge in [0.15, 0.2) is 11.5 Å². The van der Waals surface area contributed by atoms with E-state index >= 15 is 0 Å². The Balaban J connectivity index is 1.32. The lowest BCUT2D eigenvalue weighted by Crippen LogP contribution is -2.26. The maximum Gasteiger partial charge on any atom is 0.271 e. The van der Waals surface area contributed by atoms with Crippen molar-refractivity contribution in [2.75, 3.05) is 6.54 Å². The third-order valence-corrected chi connectivity index (χ3v) is 4.38. The summed E-state index contributed by atoms with van der Waals surface area (Å²) in [6.07, 6.45) is 5.76. The lowest BCUT2D eigenvalue weighted by molar-refractivity contribution is 0.0949. The van der Waals surface area contributed by atoms with Gasteiger partial charge in [-0.05, 0) is 18.2 Å². The molecular formula is C16H14N6O2S. The first-order valence-corrected chi connectivity index (χ1v) is 8.49. The summed E-state index contributed by atoms with van der Waals surface area (Å²) in [5.74, 6) is 0.400. The number of nitrogens with zero attached hydrogens (tertiary/aromatic N) is 4. The van der Waals surface area contributed by atoms with Crippen molar-refractivity contribution in [1.82, 2.24) is 30.3 Å². The number of hydrogen-bond donors (Lipinski definition) is 2. The third kappa shape index (κ3) is 3.36. The smallest absolute Gasteiger partial charge is 0.271 e. The molecule has 0 aliphatic rings. The normalized spacial score (nSPS) is 10.9. The topological polar surface area (TPSA) is 102 Å². The Morgan fingerprint density at radius 2 is 2.36 bits per heavy atom. The molecular weight excluding hydrogens is 340 g/mol. The maximum absolute atomic E-state index is 12.2. The van der Waals surface area contributed by atoms with Gasteiger partial charge in [-0.3, -0.25) is 9.89 Å². The highest BCUT2D eigenvalue weighted by atomic mass is 32.1. The monoisotopic (exact) mass is 354 g/mol. The number of carbonyl (C=O) groups is 1. The Bertz CT molecular complexity index is 955. The van der Waals surface area contributed by atoms with Crippen molar-refractivity contribution in [3.63, 3.8) is 0 Å². The number of amides is 1. The Morgan fingerprint density at radius 1 is 1.40 bits per heavy atom. The zero-order valence-corrected chi connectivity index (χ0v) is 13.9. The van der Waals surface area contributed by atoms with E-state index in [0.29, 0.717) is 30.1 Å².